The van der Waals surface area contributed by atoms with Gasteiger partial charge in [-0.1, -0.05) is 32.1 Å². The van der Waals surface area contributed by atoms with E-state index in [-0.39, 0.29) is 11.2 Å². The number of rotatable bonds is 0. The molecule has 3 rings (SSSR count). The molecule has 1 aromatic carbocycles. The highest BCUT2D eigenvalue weighted by molar-refractivity contribution is 6.14. The average Bonchev–Trinajstić information content (AvgIpc) is 2.53. The molecule has 0 aliphatic heterocycles. The fraction of sp³-hybridized carbons (Fsp3) is 0.267. The van der Waals surface area contributed by atoms with Gasteiger partial charge in [0.15, 0.2) is 5.78 Å². The molecule has 0 saturated heterocycles. The number of benzene rings is 1. The lowest BCUT2D eigenvalue weighted by atomic mass is 9.77. The van der Waals surface area contributed by atoms with E-state index in [0.29, 0.717) is 0 Å². The molecule has 0 bridgehead atoms. The van der Waals surface area contributed by atoms with Gasteiger partial charge in [-0.2, -0.15) is 0 Å². The summed E-state index contributed by atoms with van der Waals surface area (Å²) < 4.78 is 0. The first kappa shape index (κ1) is 11.2. The van der Waals surface area contributed by atoms with Crippen molar-refractivity contribution in [3.8, 4) is 0 Å². The molecule has 0 spiro atoms. The summed E-state index contributed by atoms with van der Waals surface area (Å²) in [4.78, 5) is 12.3. The Kier molecular flexibility index (Phi) is 2.08. The summed E-state index contributed by atoms with van der Waals surface area (Å²) in [6.45, 7) is 4.11. The van der Waals surface area contributed by atoms with Crippen molar-refractivity contribution in [2.75, 3.05) is 5.73 Å². The Labute approximate surface area is 106 Å². The van der Waals surface area contributed by atoms with Crippen molar-refractivity contribution < 1.29 is 4.79 Å². The summed E-state index contributed by atoms with van der Waals surface area (Å²) >= 11 is 0. The standard InChI is InChI=1S/C15H16N2O/c1-15(2)11-7-8(16)3-4-9(11)10-5-6-12(17)14(18)13(10)15/h3-7,12H,16-17H2,1-2H3. The van der Waals surface area contributed by atoms with E-state index >= 15 is 0 Å². The van der Waals surface area contributed by atoms with Crippen molar-refractivity contribution in [1.82, 2.24) is 0 Å². The van der Waals surface area contributed by atoms with Gasteiger partial charge in [-0.25, -0.2) is 0 Å². The van der Waals surface area contributed by atoms with Crippen LogP contribution in [0.25, 0.3) is 5.57 Å². The van der Waals surface area contributed by atoms with Crippen molar-refractivity contribution in [2.45, 2.75) is 25.3 Å². The first-order valence-corrected chi connectivity index (χ1v) is 6.06. The van der Waals surface area contributed by atoms with E-state index in [9.17, 15) is 4.79 Å². The fourth-order valence-electron chi connectivity index (χ4n) is 2.99. The van der Waals surface area contributed by atoms with Crippen molar-refractivity contribution in [2.24, 2.45) is 5.73 Å². The van der Waals surface area contributed by atoms with Crippen LogP contribution < -0.4 is 11.5 Å². The Morgan fingerprint density at radius 2 is 2.00 bits per heavy atom. The largest absolute Gasteiger partial charge is 0.399 e. The molecule has 2 aliphatic rings. The van der Waals surface area contributed by atoms with Crippen molar-refractivity contribution in [3.05, 3.63) is 47.1 Å². The van der Waals surface area contributed by atoms with E-state index in [0.717, 1.165) is 28.0 Å². The predicted octanol–water partition coefficient (Wildman–Crippen LogP) is 1.78. The summed E-state index contributed by atoms with van der Waals surface area (Å²) in [5.74, 6) is 0.0206. The minimum atomic E-state index is -0.519. The lowest BCUT2D eigenvalue weighted by Gasteiger charge is -2.26. The lowest BCUT2D eigenvalue weighted by molar-refractivity contribution is -0.116. The predicted molar refractivity (Wildman–Crippen MR) is 72.9 cm³/mol. The van der Waals surface area contributed by atoms with Crippen LogP contribution in [0.15, 0.2) is 35.9 Å². The van der Waals surface area contributed by atoms with Gasteiger partial charge in [0.25, 0.3) is 0 Å². The van der Waals surface area contributed by atoms with Crippen molar-refractivity contribution >= 4 is 17.0 Å². The molecule has 1 aromatic rings. The molecule has 0 heterocycles. The third kappa shape index (κ3) is 1.25. The molecule has 3 heteroatoms. The monoisotopic (exact) mass is 240 g/mol. The van der Waals surface area contributed by atoms with E-state index < -0.39 is 6.04 Å². The van der Waals surface area contributed by atoms with Crippen molar-refractivity contribution in [1.29, 1.82) is 0 Å². The number of allylic oxidation sites excluding steroid dienone is 2. The van der Waals surface area contributed by atoms with Crippen LogP contribution in [-0.4, -0.2) is 11.8 Å². The molecule has 3 nitrogen and oxygen atoms in total. The SMILES string of the molecule is CC1(C)C2=C(C=CC(N)C2=O)c2ccc(N)cc21. The highest BCUT2D eigenvalue weighted by Crippen LogP contribution is 2.49. The molecule has 1 unspecified atom stereocenters. The van der Waals surface area contributed by atoms with Crippen LogP contribution in [0.2, 0.25) is 0 Å². The summed E-state index contributed by atoms with van der Waals surface area (Å²) in [6, 6.07) is 5.30. The molecule has 18 heavy (non-hydrogen) atoms. The van der Waals surface area contributed by atoms with Crippen LogP contribution in [0.5, 0.6) is 0 Å². The molecular weight excluding hydrogens is 224 g/mol. The quantitative estimate of drug-likeness (QED) is 0.679. The van der Waals surface area contributed by atoms with Crippen LogP contribution in [0.1, 0.15) is 25.0 Å². The number of carbonyl (C=O) groups excluding carboxylic acids is 1. The molecule has 0 saturated carbocycles. The molecule has 1 atom stereocenters. The number of fused-ring (bicyclic) bond motifs is 2. The Morgan fingerprint density at radius 1 is 1.28 bits per heavy atom. The number of Topliss-reactive ketones (excluding diaryl/α,β-unsaturated/α-hetero) is 1. The molecular formula is C15H16N2O. The Hall–Kier alpha value is -1.87. The molecule has 92 valence electrons. The molecule has 0 fully saturated rings. The van der Waals surface area contributed by atoms with Crippen LogP contribution in [0, 0.1) is 0 Å². The maximum Gasteiger partial charge on any atom is 0.180 e. The molecule has 0 amide bonds. The van der Waals surface area contributed by atoms with Gasteiger partial charge in [0.1, 0.15) is 0 Å². The zero-order chi connectivity index (χ0) is 13.1. The summed E-state index contributed by atoms with van der Waals surface area (Å²) in [5.41, 5.74) is 16.1. The van der Waals surface area contributed by atoms with Crippen LogP contribution >= 0.6 is 0 Å². The third-order valence-corrected chi connectivity index (χ3v) is 3.92. The first-order valence-electron chi connectivity index (χ1n) is 6.06. The number of nitrogen functional groups attached to an aromatic ring is 1. The van der Waals surface area contributed by atoms with Crippen LogP contribution in [-0.2, 0) is 10.2 Å². The van der Waals surface area contributed by atoms with Gasteiger partial charge in [0.2, 0.25) is 0 Å². The zero-order valence-corrected chi connectivity index (χ0v) is 10.5. The van der Waals surface area contributed by atoms with E-state index in [1.54, 1.807) is 6.08 Å². The van der Waals surface area contributed by atoms with Gasteiger partial charge in [0.05, 0.1) is 6.04 Å². The Morgan fingerprint density at radius 3 is 2.72 bits per heavy atom. The number of hydrogen-bond acceptors (Lipinski definition) is 3. The van der Waals surface area contributed by atoms with Gasteiger partial charge >= 0.3 is 0 Å². The molecule has 0 aromatic heterocycles. The van der Waals surface area contributed by atoms with Crippen LogP contribution in [0.4, 0.5) is 5.69 Å². The molecule has 0 radical (unpaired) electrons. The summed E-state index contributed by atoms with van der Waals surface area (Å²) in [7, 11) is 0. The second-order valence-corrected chi connectivity index (χ2v) is 5.47. The lowest BCUT2D eigenvalue weighted by Crippen LogP contribution is -2.36. The Balaban J connectivity index is 2.30. The second-order valence-electron chi connectivity index (χ2n) is 5.47. The number of hydrogen-bond donors (Lipinski definition) is 2. The highest BCUT2D eigenvalue weighted by Gasteiger charge is 2.42. The molecule has 4 N–H and O–H groups in total. The Bertz CT molecular complexity index is 623. The maximum absolute atomic E-state index is 12.3. The second kappa shape index (κ2) is 3.33. The normalized spacial score (nSPS) is 24.2. The number of carbonyl (C=O) groups is 1. The number of nitrogens with two attached hydrogens (primary N) is 2. The van der Waals surface area contributed by atoms with E-state index in [1.807, 2.05) is 24.3 Å². The number of anilines is 1. The molecule has 2 aliphatic carbocycles. The van der Waals surface area contributed by atoms with Crippen molar-refractivity contribution in [3.63, 3.8) is 0 Å². The summed E-state index contributed by atoms with van der Waals surface area (Å²) in [5, 5.41) is 0. The van der Waals surface area contributed by atoms with Gasteiger partial charge < -0.3 is 11.5 Å². The minimum Gasteiger partial charge on any atom is -0.399 e. The van der Waals surface area contributed by atoms with Gasteiger partial charge in [-0.3, -0.25) is 4.79 Å². The van der Waals surface area contributed by atoms with E-state index in [1.165, 1.54) is 0 Å². The fourth-order valence-corrected chi connectivity index (χ4v) is 2.99. The smallest absolute Gasteiger partial charge is 0.180 e. The first-order chi connectivity index (χ1) is 8.43. The van der Waals surface area contributed by atoms with Gasteiger partial charge in [-0.15, -0.1) is 0 Å². The van der Waals surface area contributed by atoms with Gasteiger partial charge in [-0.05, 0) is 28.8 Å². The number of ketones is 1. The maximum atomic E-state index is 12.3. The topological polar surface area (TPSA) is 69.1 Å². The minimum absolute atomic E-state index is 0.0206. The zero-order valence-electron chi connectivity index (χ0n) is 10.5. The van der Waals surface area contributed by atoms with E-state index in [2.05, 4.69) is 13.8 Å². The van der Waals surface area contributed by atoms with E-state index in [4.69, 9.17) is 11.5 Å². The third-order valence-electron chi connectivity index (χ3n) is 3.92. The highest BCUT2D eigenvalue weighted by atomic mass is 16.1. The van der Waals surface area contributed by atoms with Gasteiger partial charge in [0, 0.05) is 16.7 Å². The summed E-state index contributed by atoms with van der Waals surface area (Å²) in [6.07, 6.45) is 3.73. The van der Waals surface area contributed by atoms with Crippen LogP contribution in [0.3, 0.4) is 0 Å². The average molecular weight is 240 g/mol.